The first-order valence-corrected chi connectivity index (χ1v) is 12.9. The van der Waals surface area contributed by atoms with Gasteiger partial charge < -0.3 is 20.1 Å². The first-order valence-electron chi connectivity index (χ1n) is 12.5. The third-order valence-electron chi connectivity index (χ3n) is 6.98. The molecule has 0 amide bonds. The standard InChI is InChI=1S/C29H44N2O2S/c1-9-28(4,5)22-14-16-25(23(20-22)29(6,7)10-2)33-18-12-11-17-30-27(34)31-24-19-21(3)13-15-26(24)32-8/h13-16,19-20H,9-12,17-18H2,1-8H3,(H2,30,31,34). The van der Waals surface area contributed by atoms with Crippen molar-refractivity contribution in [3.63, 3.8) is 0 Å². The van der Waals surface area contributed by atoms with Crippen LogP contribution in [0, 0.1) is 6.92 Å². The van der Waals surface area contributed by atoms with Crippen LogP contribution in [0.2, 0.25) is 0 Å². The van der Waals surface area contributed by atoms with Gasteiger partial charge in [-0.3, -0.25) is 0 Å². The molecule has 5 heteroatoms. The molecule has 0 saturated heterocycles. The summed E-state index contributed by atoms with van der Waals surface area (Å²) < 4.78 is 11.7. The summed E-state index contributed by atoms with van der Waals surface area (Å²) >= 11 is 5.46. The molecule has 0 aliphatic rings. The van der Waals surface area contributed by atoms with Gasteiger partial charge in [-0.25, -0.2) is 0 Å². The summed E-state index contributed by atoms with van der Waals surface area (Å²) in [5, 5.41) is 7.12. The molecule has 34 heavy (non-hydrogen) atoms. The molecule has 2 aromatic carbocycles. The minimum Gasteiger partial charge on any atom is -0.495 e. The molecule has 2 N–H and O–H groups in total. The number of aryl methyl sites for hydroxylation is 1. The molecule has 4 nitrogen and oxygen atoms in total. The zero-order valence-electron chi connectivity index (χ0n) is 22.4. The monoisotopic (exact) mass is 484 g/mol. The summed E-state index contributed by atoms with van der Waals surface area (Å²) in [6.45, 7) is 17.3. The van der Waals surface area contributed by atoms with Gasteiger partial charge in [0.25, 0.3) is 0 Å². The smallest absolute Gasteiger partial charge is 0.170 e. The minimum absolute atomic E-state index is 0.0748. The van der Waals surface area contributed by atoms with Gasteiger partial charge in [0.15, 0.2) is 5.11 Å². The Labute approximate surface area is 212 Å². The van der Waals surface area contributed by atoms with Crippen molar-refractivity contribution in [3.8, 4) is 11.5 Å². The fourth-order valence-corrected chi connectivity index (χ4v) is 3.91. The van der Waals surface area contributed by atoms with Crippen LogP contribution < -0.4 is 20.1 Å². The predicted molar refractivity (Wildman–Crippen MR) is 150 cm³/mol. The van der Waals surface area contributed by atoms with Crippen LogP contribution in [0.3, 0.4) is 0 Å². The van der Waals surface area contributed by atoms with Gasteiger partial charge >= 0.3 is 0 Å². The normalized spacial score (nSPS) is 11.8. The van der Waals surface area contributed by atoms with Gasteiger partial charge in [0.05, 0.1) is 19.4 Å². The lowest BCUT2D eigenvalue weighted by molar-refractivity contribution is 0.296. The van der Waals surface area contributed by atoms with Crippen LogP contribution in [-0.2, 0) is 10.8 Å². The Balaban J connectivity index is 1.88. The summed E-state index contributed by atoms with van der Waals surface area (Å²) in [5.41, 5.74) is 4.96. The third-order valence-corrected chi connectivity index (χ3v) is 7.22. The molecule has 0 fully saturated rings. The zero-order chi connectivity index (χ0) is 25.4. The average molecular weight is 485 g/mol. The number of methoxy groups -OCH3 is 1. The van der Waals surface area contributed by atoms with Gasteiger partial charge in [-0.05, 0) is 85.0 Å². The van der Waals surface area contributed by atoms with E-state index >= 15 is 0 Å². The van der Waals surface area contributed by atoms with Crippen molar-refractivity contribution in [1.29, 1.82) is 0 Å². The number of hydrogen-bond acceptors (Lipinski definition) is 3. The molecule has 0 aliphatic heterocycles. The highest BCUT2D eigenvalue weighted by atomic mass is 32.1. The lowest BCUT2D eigenvalue weighted by Gasteiger charge is -2.30. The fraction of sp³-hybridized carbons (Fsp3) is 0.552. The van der Waals surface area contributed by atoms with Crippen LogP contribution in [0.5, 0.6) is 11.5 Å². The first kappa shape index (κ1) is 28.0. The zero-order valence-corrected chi connectivity index (χ0v) is 23.2. The van der Waals surface area contributed by atoms with E-state index in [1.54, 1.807) is 7.11 Å². The van der Waals surface area contributed by atoms with Crippen molar-refractivity contribution in [3.05, 3.63) is 53.1 Å². The molecule has 0 saturated carbocycles. The van der Waals surface area contributed by atoms with Crippen molar-refractivity contribution >= 4 is 23.0 Å². The maximum atomic E-state index is 6.28. The van der Waals surface area contributed by atoms with E-state index in [4.69, 9.17) is 21.7 Å². The van der Waals surface area contributed by atoms with E-state index in [-0.39, 0.29) is 10.8 Å². The second-order valence-electron chi connectivity index (χ2n) is 10.3. The van der Waals surface area contributed by atoms with E-state index in [0.29, 0.717) is 11.7 Å². The number of rotatable bonds is 12. The number of hydrogen-bond donors (Lipinski definition) is 2. The number of thiocarbonyl (C=S) groups is 1. The van der Waals surface area contributed by atoms with Crippen molar-refractivity contribution < 1.29 is 9.47 Å². The lowest BCUT2D eigenvalue weighted by atomic mass is 9.76. The SMILES string of the molecule is CCC(C)(C)c1ccc(OCCCCNC(=S)Nc2cc(C)ccc2OC)c(C(C)(C)CC)c1. The second-order valence-corrected chi connectivity index (χ2v) is 10.7. The van der Waals surface area contributed by atoms with Gasteiger partial charge in [0.1, 0.15) is 11.5 Å². The minimum atomic E-state index is 0.0748. The van der Waals surface area contributed by atoms with E-state index in [2.05, 4.69) is 70.4 Å². The third kappa shape index (κ3) is 7.63. The summed E-state index contributed by atoms with van der Waals surface area (Å²) in [6.07, 6.45) is 4.11. The quantitative estimate of drug-likeness (QED) is 0.241. The van der Waals surface area contributed by atoms with Gasteiger partial charge in [-0.2, -0.15) is 0 Å². The Morgan fingerprint density at radius 2 is 1.59 bits per heavy atom. The highest BCUT2D eigenvalue weighted by molar-refractivity contribution is 7.80. The molecule has 2 rings (SSSR count). The highest BCUT2D eigenvalue weighted by Crippen LogP contribution is 2.38. The topological polar surface area (TPSA) is 42.5 Å². The summed E-state index contributed by atoms with van der Waals surface area (Å²) in [6, 6.07) is 12.8. The van der Waals surface area contributed by atoms with E-state index in [9.17, 15) is 0 Å². The molecule has 0 spiro atoms. The highest BCUT2D eigenvalue weighted by Gasteiger charge is 2.26. The molecule has 0 atom stereocenters. The van der Waals surface area contributed by atoms with Crippen molar-refractivity contribution in [2.75, 3.05) is 25.6 Å². The number of nitrogens with one attached hydrogen (secondary N) is 2. The van der Waals surface area contributed by atoms with Crippen molar-refractivity contribution in [2.45, 2.75) is 85.0 Å². The molecule has 0 aromatic heterocycles. The maximum absolute atomic E-state index is 6.28. The van der Waals surface area contributed by atoms with Crippen LogP contribution in [-0.4, -0.2) is 25.4 Å². The van der Waals surface area contributed by atoms with Crippen LogP contribution in [0.4, 0.5) is 5.69 Å². The number of unbranched alkanes of at least 4 members (excludes halogenated alkanes) is 1. The van der Waals surface area contributed by atoms with Gasteiger partial charge in [0.2, 0.25) is 0 Å². The Morgan fingerprint density at radius 3 is 2.24 bits per heavy atom. The van der Waals surface area contributed by atoms with E-state index < -0.39 is 0 Å². The molecule has 0 aliphatic carbocycles. The summed E-state index contributed by atoms with van der Waals surface area (Å²) in [5.74, 6) is 1.79. The van der Waals surface area contributed by atoms with Crippen LogP contribution >= 0.6 is 12.2 Å². The molecular weight excluding hydrogens is 440 g/mol. The Bertz CT molecular complexity index is 953. The number of benzene rings is 2. The van der Waals surface area contributed by atoms with Crippen LogP contribution in [0.1, 0.15) is 83.9 Å². The lowest BCUT2D eigenvalue weighted by Crippen LogP contribution is -2.29. The molecule has 0 radical (unpaired) electrons. The molecule has 0 bridgehead atoms. The maximum Gasteiger partial charge on any atom is 0.170 e. The summed E-state index contributed by atoms with van der Waals surface area (Å²) in [4.78, 5) is 0. The summed E-state index contributed by atoms with van der Waals surface area (Å²) in [7, 11) is 1.66. The van der Waals surface area contributed by atoms with Crippen LogP contribution in [0.15, 0.2) is 36.4 Å². The Kier molecular flexibility index (Phi) is 10.2. The predicted octanol–water partition coefficient (Wildman–Crippen LogP) is 7.52. The molecule has 0 heterocycles. The molecule has 0 unspecified atom stereocenters. The molecule has 2 aromatic rings. The van der Waals surface area contributed by atoms with E-state index in [1.807, 2.05) is 25.1 Å². The van der Waals surface area contributed by atoms with E-state index in [0.717, 1.165) is 55.0 Å². The van der Waals surface area contributed by atoms with Gasteiger partial charge in [0, 0.05) is 12.1 Å². The fourth-order valence-electron chi connectivity index (χ4n) is 3.70. The average Bonchev–Trinajstić information content (AvgIpc) is 2.81. The molecule has 188 valence electrons. The van der Waals surface area contributed by atoms with Gasteiger partial charge in [-0.15, -0.1) is 0 Å². The van der Waals surface area contributed by atoms with E-state index in [1.165, 1.54) is 11.1 Å². The number of anilines is 1. The first-order chi connectivity index (χ1) is 16.0. The van der Waals surface area contributed by atoms with Crippen molar-refractivity contribution in [2.24, 2.45) is 0 Å². The Hall–Kier alpha value is -2.27. The van der Waals surface area contributed by atoms with Crippen LogP contribution in [0.25, 0.3) is 0 Å². The van der Waals surface area contributed by atoms with Crippen molar-refractivity contribution in [1.82, 2.24) is 5.32 Å². The van der Waals surface area contributed by atoms with Gasteiger partial charge in [-0.1, -0.05) is 59.7 Å². The largest absolute Gasteiger partial charge is 0.495 e. The Morgan fingerprint density at radius 1 is 0.912 bits per heavy atom. The number of ether oxygens (including phenoxy) is 2. The second kappa shape index (κ2) is 12.4. The molecular formula is C29H44N2O2S.